The van der Waals surface area contributed by atoms with Crippen LogP contribution in [0, 0.1) is 0 Å². The predicted octanol–water partition coefficient (Wildman–Crippen LogP) is 12.4. The second-order valence-corrected chi connectivity index (χ2v) is 14.3. The van der Waals surface area contributed by atoms with E-state index in [9.17, 15) is 19.8 Å². The summed E-state index contributed by atoms with van der Waals surface area (Å²) in [5.41, 5.74) is 0. The molecule has 2 atom stereocenters. The number of aliphatic hydroxyl groups excluding tert-OH is 2. The summed E-state index contributed by atoms with van der Waals surface area (Å²) in [5, 5.41) is 19.5. The van der Waals surface area contributed by atoms with E-state index in [4.69, 9.17) is 9.47 Å². The Bertz CT molecular complexity index is 876. The van der Waals surface area contributed by atoms with Gasteiger partial charge in [-0.3, -0.25) is 9.59 Å². The molecular weight excluding hydrogens is 636 g/mol. The fourth-order valence-electron chi connectivity index (χ4n) is 5.82. The van der Waals surface area contributed by atoms with Gasteiger partial charge in [-0.2, -0.15) is 0 Å². The monoisotopic (exact) mass is 717 g/mol. The lowest BCUT2D eigenvalue weighted by Crippen LogP contribution is -2.25. The third kappa shape index (κ3) is 40.4. The molecule has 2 N–H and O–H groups in total. The average Bonchev–Trinajstić information content (AvgIpc) is 3.13. The van der Waals surface area contributed by atoms with Crippen molar-refractivity contribution in [2.24, 2.45) is 0 Å². The Balaban J connectivity index is 3.50. The van der Waals surface area contributed by atoms with Gasteiger partial charge < -0.3 is 19.7 Å². The second kappa shape index (κ2) is 40.6. The van der Waals surface area contributed by atoms with E-state index >= 15 is 0 Å². The second-order valence-electron chi connectivity index (χ2n) is 14.3. The van der Waals surface area contributed by atoms with Crippen LogP contribution in [-0.2, 0) is 19.1 Å². The number of ether oxygens (including phenoxy) is 2. The van der Waals surface area contributed by atoms with E-state index in [0.717, 1.165) is 64.2 Å². The molecule has 0 amide bonds. The van der Waals surface area contributed by atoms with Gasteiger partial charge in [-0.05, 0) is 57.8 Å². The molecule has 0 rings (SSSR count). The maximum absolute atomic E-state index is 12.0. The van der Waals surface area contributed by atoms with Crippen molar-refractivity contribution in [2.45, 2.75) is 212 Å². The zero-order valence-corrected chi connectivity index (χ0v) is 33.2. The third-order valence-electron chi connectivity index (χ3n) is 9.23. The minimum absolute atomic E-state index is 0.140. The van der Waals surface area contributed by atoms with Gasteiger partial charge in [0.2, 0.25) is 0 Å². The molecule has 0 aliphatic rings. The summed E-state index contributed by atoms with van der Waals surface area (Å²) in [7, 11) is 0. The Morgan fingerprint density at radius 2 is 0.804 bits per heavy atom. The molecule has 0 saturated carbocycles. The average molecular weight is 717 g/mol. The number of esters is 2. The van der Waals surface area contributed by atoms with Crippen molar-refractivity contribution in [2.75, 3.05) is 13.2 Å². The molecule has 0 saturated heterocycles. The number of aliphatic hydroxyl groups is 2. The van der Waals surface area contributed by atoms with Crippen molar-refractivity contribution in [3.8, 4) is 0 Å². The van der Waals surface area contributed by atoms with Crippen molar-refractivity contribution in [3.63, 3.8) is 0 Å². The van der Waals surface area contributed by atoms with Crippen LogP contribution in [-0.4, -0.2) is 47.6 Å². The smallest absolute Gasteiger partial charge is 0.305 e. The van der Waals surface area contributed by atoms with Crippen LogP contribution < -0.4 is 0 Å². The first-order valence-corrected chi connectivity index (χ1v) is 21.3. The Morgan fingerprint density at radius 1 is 0.451 bits per heavy atom. The normalized spacial score (nSPS) is 13.3. The number of hydrogen-bond donors (Lipinski definition) is 2. The molecule has 6 nitrogen and oxygen atoms in total. The van der Waals surface area contributed by atoms with Gasteiger partial charge >= 0.3 is 11.9 Å². The van der Waals surface area contributed by atoms with Crippen molar-refractivity contribution in [1.82, 2.24) is 0 Å². The Morgan fingerprint density at radius 3 is 1.22 bits per heavy atom. The van der Waals surface area contributed by atoms with E-state index in [-0.39, 0.29) is 31.3 Å². The molecule has 0 aliphatic carbocycles. The van der Waals surface area contributed by atoms with Crippen LogP contribution in [0.2, 0.25) is 0 Å². The number of unbranched alkanes of at least 4 members (excludes halogenated alkanes) is 19. The largest absolute Gasteiger partial charge is 0.463 e. The third-order valence-corrected chi connectivity index (χ3v) is 9.23. The molecular formula is C45H80O6. The van der Waals surface area contributed by atoms with Gasteiger partial charge in [0.1, 0.15) is 19.3 Å². The van der Waals surface area contributed by atoms with Crippen LogP contribution >= 0.6 is 0 Å². The quantitative estimate of drug-likeness (QED) is 0.0375. The van der Waals surface area contributed by atoms with Crippen molar-refractivity contribution in [3.05, 3.63) is 48.6 Å². The first-order chi connectivity index (χ1) is 25.0. The van der Waals surface area contributed by atoms with Crippen LogP contribution in [0.25, 0.3) is 0 Å². The van der Waals surface area contributed by atoms with Gasteiger partial charge in [-0.1, -0.05) is 178 Å². The van der Waals surface area contributed by atoms with Crippen molar-refractivity contribution < 1.29 is 29.3 Å². The van der Waals surface area contributed by atoms with Crippen LogP contribution in [0.3, 0.4) is 0 Å². The summed E-state index contributed by atoms with van der Waals surface area (Å²) in [6.07, 6.45) is 48.3. The Hall–Kier alpha value is -2.18. The standard InChI is InChI=1S/C45H80O6/c1-3-5-6-7-8-9-10-11-12-13-14-15-16-20-23-26-29-32-35-38-44(48)50-40-43(47)41-51-45(49)39-36-33-30-27-24-21-18-17-19-22-25-28-31-34-37-42(46)4-2/h18-19,21-22,27-28,30-31,42-43,46-47H,3-17,20,23-26,29,32-41H2,1-2H3/b21-18-,22-19-,30-27-,31-28-/t42-,43+/m0/s1. The van der Waals surface area contributed by atoms with Crippen LogP contribution in [0.15, 0.2) is 48.6 Å². The minimum atomic E-state index is -0.994. The highest BCUT2D eigenvalue weighted by Crippen LogP contribution is 2.15. The molecule has 0 radical (unpaired) electrons. The van der Waals surface area contributed by atoms with E-state index in [1.54, 1.807) is 0 Å². The highest BCUT2D eigenvalue weighted by molar-refractivity contribution is 5.69. The number of carbonyl (C=O) groups is 2. The number of rotatable bonds is 38. The number of carbonyl (C=O) groups excluding carboxylic acids is 2. The molecule has 296 valence electrons. The van der Waals surface area contributed by atoms with E-state index in [2.05, 4.69) is 55.5 Å². The Labute approximate surface area is 314 Å². The molecule has 0 aliphatic heterocycles. The lowest BCUT2D eigenvalue weighted by molar-refractivity contribution is -0.152. The first-order valence-electron chi connectivity index (χ1n) is 21.3. The van der Waals surface area contributed by atoms with E-state index in [0.29, 0.717) is 19.3 Å². The topological polar surface area (TPSA) is 93.1 Å². The zero-order chi connectivity index (χ0) is 37.3. The number of hydrogen-bond acceptors (Lipinski definition) is 6. The molecule has 6 heteroatoms. The molecule has 0 spiro atoms. The van der Waals surface area contributed by atoms with Crippen LogP contribution in [0.5, 0.6) is 0 Å². The summed E-state index contributed by atoms with van der Waals surface area (Å²) in [5.74, 6) is -0.642. The summed E-state index contributed by atoms with van der Waals surface area (Å²) in [6, 6.07) is 0. The molecule has 0 heterocycles. The molecule has 51 heavy (non-hydrogen) atoms. The van der Waals surface area contributed by atoms with Crippen LogP contribution in [0.4, 0.5) is 0 Å². The summed E-state index contributed by atoms with van der Waals surface area (Å²) >= 11 is 0. The van der Waals surface area contributed by atoms with Gasteiger partial charge in [0, 0.05) is 12.8 Å². The fraction of sp³-hybridized carbons (Fsp3) is 0.778. The SMILES string of the molecule is CCCCCCCCCCCCCCCCCCCCCC(=O)OC[C@@H](O)COC(=O)CCC/C=C\C/C=C\C/C=C\C/C=C\CC[C@@H](O)CC. The van der Waals surface area contributed by atoms with E-state index in [1.165, 1.54) is 103 Å². The molecule has 0 bridgehead atoms. The maximum Gasteiger partial charge on any atom is 0.305 e. The lowest BCUT2D eigenvalue weighted by Gasteiger charge is -2.12. The van der Waals surface area contributed by atoms with Gasteiger partial charge in [0.05, 0.1) is 6.10 Å². The van der Waals surface area contributed by atoms with Gasteiger partial charge in [0.15, 0.2) is 0 Å². The van der Waals surface area contributed by atoms with Gasteiger partial charge in [-0.15, -0.1) is 0 Å². The van der Waals surface area contributed by atoms with E-state index in [1.807, 2.05) is 6.92 Å². The van der Waals surface area contributed by atoms with Gasteiger partial charge in [0.25, 0.3) is 0 Å². The van der Waals surface area contributed by atoms with Gasteiger partial charge in [-0.25, -0.2) is 0 Å². The first kappa shape index (κ1) is 48.8. The zero-order valence-electron chi connectivity index (χ0n) is 33.2. The molecule has 0 aromatic heterocycles. The predicted molar refractivity (Wildman–Crippen MR) is 216 cm³/mol. The highest BCUT2D eigenvalue weighted by Gasteiger charge is 2.12. The molecule has 0 fully saturated rings. The lowest BCUT2D eigenvalue weighted by atomic mass is 10.0. The summed E-state index contributed by atoms with van der Waals surface area (Å²) < 4.78 is 10.3. The maximum atomic E-state index is 12.0. The fourth-order valence-corrected chi connectivity index (χ4v) is 5.82. The van der Waals surface area contributed by atoms with Crippen molar-refractivity contribution >= 4 is 11.9 Å². The van der Waals surface area contributed by atoms with Crippen LogP contribution in [0.1, 0.15) is 200 Å². The minimum Gasteiger partial charge on any atom is -0.463 e. The highest BCUT2D eigenvalue weighted by atomic mass is 16.6. The molecule has 0 aromatic carbocycles. The van der Waals surface area contributed by atoms with Crippen molar-refractivity contribution in [1.29, 1.82) is 0 Å². The summed E-state index contributed by atoms with van der Waals surface area (Å²) in [4.78, 5) is 24.0. The summed E-state index contributed by atoms with van der Waals surface area (Å²) in [6.45, 7) is 3.99. The number of allylic oxidation sites excluding steroid dienone is 8. The molecule has 0 unspecified atom stereocenters. The Kier molecular flexibility index (Phi) is 38.9. The molecule has 0 aromatic rings. The van der Waals surface area contributed by atoms with E-state index < -0.39 is 6.10 Å².